The van der Waals surface area contributed by atoms with Crippen LogP contribution in [0, 0.1) is 5.82 Å². The van der Waals surface area contributed by atoms with Gasteiger partial charge in [0, 0.05) is 18.8 Å². The van der Waals surface area contributed by atoms with Crippen LogP contribution in [0.2, 0.25) is 0 Å². The third-order valence-corrected chi connectivity index (χ3v) is 4.27. The number of hydrogen-bond donors (Lipinski definition) is 1. The van der Waals surface area contributed by atoms with Gasteiger partial charge in [-0.25, -0.2) is 9.37 Å². The van der Waals surface area contributed by atoms with Crippen LogP contribution in [0.4, 0.5) is 4.39 Å². The molecule has 0 saturated heterocycles. The molecule has 7 heteroatoms. The predicted molar refractivity (Wildman–Crippen MR) is 104 cm³/mol. The van der Waals surface area contributed by atoms with Gasteiger partial charge in [0.1, 0.15) is 18.2 Å². The highest BCUT2D eigenvalue weighted by atomic mass is 19.1. The summed E-state index contributed by atoms with van der Waals surface area (Å²) in [5, 5.41) is 0. The molecule has 0 spiro atoms. The monoisotopic (exact) mass is 376 g/mol. The van der Waals surface area contributed by atoms with Crippen molar-refractivity contribution in [3.8, 4) is 11.4 Å². The number of fused-ring (bicyclic) bond motifs is 1. The molecule has 0 aliphatic heterocycles. The van der Waals surface area contributed by atoms with Gasteiger partial charge in [-0.15, -0.1) is 0 Å². The third kappa shape index (κ3) is 3.74. The highest BCUT2D eigenvalue weighted by Gasteiger charge is 2.06. The van der Waals surface area contributed by atoms with Crippen molar-refractivity contribution in [3.05, 3.63) is 94.4 Å². The smallest absolute Gasteiger partial charge is 0.258 e. The maximum atomic E-state index is 12.9. The van der Waals surface area contributed by atoms with E-state index in [1.54, 1.807) is 42.7 Å². The largest absolute Gasteiger partial charge is 0.489 e. The average molecular weight is 376 g/mol. The molecule has 2 heterocycles. The van der Waals surface area contributed by atoms with Crippen molar-refractivity contribution in [2.24, 2.45) is 5.73 Å². The van der Waals surface area contributed by atoms with Crippen LogP contribution in [0.15, 0.2) is 71.8 Å². The summed E-state index contributed by atoms with van der Waals surface area (Å²) >= 11 is 0. The molecule has 0 saturated carbocycles. The number of benzene rings is 2. The first-order chi connectivity index (χ1) is 13.6. The third-order valence-electron chi connectivity index (χ3n) is 4.27. The predicted octanol–water partition coefficient (Wildman–Crippen LogP) is 2.96. The SMILES string of the molecule is NCc1cnc2cc(-n3ccc(OCc4ccc(F)cc4)cc3=O)ccc2n1. The van der Waals surface area contributed by atoms with Gasteiger partial charge in [0.2, 0.25) is 0 Å². The van der Waals surface area contributed by atoms with Crippen LogP contribution in [0.1, 0.15) is 11.3 Å². The van der Waals surface area contributed by atoms with E-state index in [-0.39, 0.29) is 18.0 Å². The van der Waals surface area contributed by atoms with Crippen molar-refractivity contribution >= 4 is 11.0 Å². The fourth-order valence-corrected chi connectivity index (χ4v) is 2.80. The van der Waals surface area contributed by atoms with Gasteiger partial charge in [0.05, 0.1) is 28.6 Å². The van der Waals surface area contributed by atoms with Crippen LogP contribution in [0.3, 0.4) is 0 Å². The van der Waals surface area contributed by atoms with E-state index in [0.29, 0.717) is 29.2 Å². The summed E-state index contributed by atoms with van der Waals surface area (Å²) in [6.45, 7) is 0.572. The van der Waals surface area contributed by atoms with E-state index in [0.717, 1.165) is 11.1 Å². The molecule has 2 aromatic heterocycles. The quantitative estimate of drug-likeness (QED) is 0.579. The first-order valence-electron chi connectivity index (χ1n) is 8.68. The van der Waals surface area contributed by atoms with Gasteiger partial charge in [0.15, 0.2) is 0 Å². The lowest BCUT2D eigenvalue weighted by molar-refractivity contribution is 0.305. The summed E-state index contributed by atoms with van der Waals surface area (Å²) < 4.78 is 20.1. The van der Waals surface area contributed by atoms with Crippen molar-refractivity contribution in [2.45, 2.75) is 13.2 Å². The Morgan fingerprint density at radius 2 is 1.86 bits per heavy atom. The average Bonchev–Trinajstić information content (AvgIpc) is 2.72. The maximum absolute atomic E-state index is 12.9. The van der Waals surface area contributed by atoms with E-state index in [2.05, 4.69) is 9.97 Å². The van der Waals surface area contributed by atoms with Crippen LogP contribution in [-0.4, -0.2) is 14.5 Å². The molecule has 0 unspecified atom stereocenters. The van der Waals surface area contributed by atoms with Gasteiger partial charge in [-0.1, -0.05) is 12.1 Å². The summed E-state index contributed by atoms with van der Waals surface area (Å²) in [5.41, 5.74) is 8.96. The lowest BCUT2D eigenvalue weighted by Gasteiger charge is -2.10. The molecular weight excluding hydrogens is 359 g/mol. The summed E-state index contributed by atoms with van der Waals surface area (Å²) in [7, 11) is 0. The minimum absolute atomic E-state index is 0.234. The molecule has 0 aliphatic carbocycles. The Morgan fingerprint density at radius 1 is 1.04 bits per heavy atom. The summed E-state index contributed by atoms with van der Waals surface area (Å²) in [6.07, 6.45) is 3.27. The fourth-order valence-electron chi connectivity index (χ4n) is 2.80. The number of halogens is 1. The minimum atomic E-state index is -0.300. The Morgan fingerprint density at radius 3 is 2.61 bits per heavy atom. The Hall–Kier alpha value is -3.58. The van der Waals surface area contributed by atoms with Crippen LogP contribution in [-0.2, 0) is 13.2 Å². The Bertz CT molecular complexity index is 1190. The first-order valence-corrected chi connectivity index (χ1v) is 8.68. The highest BCUT2D eigenvalue weighted by Crippen LogP contribution is 2.16. The zero-order valence-corrected chi connectivity index (χ0v) is 14.9. The normalized spacial score (nSPS) is 10.9. The Kier molecular flexibility index (Phi) is 4.82. The van der Waals surface area contributed by atoms with Crippen molar-refractivity contribution in [1.29, 1.82) is 0 Å². The first kappa shape index (κ1) is 17.8. The van der Waals surface area contributed by atoms with Gasteiger partial charge < -0.3 is 10.5 Å². The van der Waals surface area contributed by atoms with E-state index in [1.165, 1.54) is 22.8 Å². The van der Waals surface area contributed by atoms with Crippen molar-refractivity contribution in [3.63, 3.8) is 0 Å². The maximum Gasteiger partial charge on any atom is 0.258 e. The van der Waals surface area contributed by atoms with Crippen molar-refractivity contribution in [2.75, 3.05) is 0 Å². The van der Waals surface area contributed by atoms with E-state index >= 15 is 0 Å². The molecule has 6 nitrogen and oxygen atoms in total. The molecule has 140 valence electrons. The lowest BCUT2D eigenvalue weighted by Crippen LogP contribution is -2.16. The Labute approximate surface area is 160 Å². The lowest BCUT2D eigenvalue weighted by atomic mass is 10.2. The zero-order chi connectivity index (χ0) is 19.5. The molecule has 28 heavy (non-hydrogen) atoms. The van der Waals surface area contributed by atoms with Crippen LogP contribution in [0.25, 0.3) is 16.7 Å². The zero-order valence-electron chi connectivity index (χ0n) is 14.9. The van der Waals surface area contributed by atoms with Gasteiger partial charge in [-0.05, 0) is 42.0 Å². The standard InChI is InChI=1S/C21H17FN4O2/c22-15-3-1-14(2-4-15)13-28-18-7-8-26(21(27)10-18)17-5-6-19-20(9-17)24-12-16(11-23)25-19/h1-10,12H,11,13,23H2. The van der Waals surface area contributed by atoms with Gasteiger partial charge in [-0.2, -0.15) is 0 Å². The summed E-state index contributed by atoms with van der Waals surface area (Å²) in [4.78, 5) is 21.3. The molecule has 0 atom stereocenters. The van der Waals surface area contributed by atoms with Gasteiger partial charge >= 0.3 is 0 Å². The number of aromatic nitrogens is 3. The second-order valence-electron chi connectivity index (χ2n) is 6.22. The van der Waals surface area contributed by atoms with E-state index < -0.39 is 0 Å². The molecule has 2 N–H and O–H groups in total. The number of nitrogens with two attached hydrogens (primary N) is 1. The number of nitrogens with zero attached hydrogens (tertiary/aromatic N) is 3. The van der Waals surface area contributed by atoms with Gasteiger partial charge in [0.25, 0.3) is 5.56 Å². The molecule has 0 bridgehead atoms. The molecule has 0 radical (unpaired) electrons. The van der Waals surface area contributed by atoms with E-state index in [4.69, 9.17) is 10.5 Å². The topological polar surface area (TPSA) is 83.0 Å². The molecule has 2 aromatic carbocycles. The molecule has 0 fully saturated rings. The molecule has 4 aromatic rings. The second-order valence-corrected chi connectivity index (χ2v) is 6.22. The van der Waals surface area contributed by atoms with Crippen molar-refractivity contribution in [1.82, 2.24) is 14.5 Å². The second kappa shape index (κ2) is 7.58. The molecule has 4 rings (SSSR count). The van der Waals surface area contributed by atoms with Gasteiger partial charge in [-0.3, -0.25) is 14.3 Å². The van der Waals surface area contributed by atoms with Crippen LogP contribution < -0.4 is 16.0 Å². The molecule has 0 amide bonds. The van der Waals surface area contributed by atoms with Crippen LogP contribution >= 0.6 is 0 Å². The summed E-state index contributed by atoms with van der Waals surface area (Å²) in [5.74, 6) is 0.143. The Balaban J connectivity index is 1.56. The van der Waals surface area contributed by atoms with E-state index in [9.17, 15) is 9.18 Å². The number of hydrogen-bond acceptors (Lipinski definition) is 5. The molecule has 0 aliphatic rings. The minimum Gasteiger partial charge on any atom is -0.489 e. The fraction of sp³-hybridized carbons (Fsp3) is 0.0952. The van der Waals surface area contributed by atoms with Crippen LogP contribution in [0.5, 0.6) is 5.75 Å². The number of rotatable bonds is 5. The van der Waals surface area contributed by atoms with Crippen molar-refractivity contribution < 1.29 is 9.13 Å². The number of pyridine rings is 1. The summed E-state index contributed by atoms with van der Waals surface area (Å²) in [6, 6.07) is 14.6. The van der Waals surface area contributed by atoms with E-state index in [1.807, 2.05) is 6.07 Å². The number of ether oxygens (including phenoxy) is 1. The highest BCUT2D eigenvalue weighted by molar-refractivity contribution is 5.76. The molecular formula is C21H17FN4O2.